The molecule has 1 unspecified atom stereocenters. The van der Waals surface area contributed by atoms with E-state index in [0.717, 1.165) is 18.6 Å². The van der Waals surface area contributed by atoms with E-state index in [0.29, 0.717) is 6.04 Å². The molecule has 0 radical (unpaired) electrons. The Labute approximate surface area is 108 Å². The summed E-state index contributed by atoms with van der Waals surface area (Å²) in [5, 5.41) is 3.34. The van der Waals surface area contributed by atoms with Gasteiger partial charge in [-0.3, -0.25) is 0 Å². The molecular weight excluding hydrogens is 226 g/mol. The van der Waals surface area contributed by atoms with E-state index in [1.165, 1.54) is 11.1 Å². The SMILES string of the molecule is CNC(Cc1ccc(OC)cc1)Cc1ccoc1. The quantitative estimate of drug-likeness (QED) is 0.849. The molecular formula is C15H19NO2. The molecule has 1 aromatic heterocycles. The van der Waals surface area contributed by atoms with Gasteiger partial charge in [-0.25, -0.2) is 0 Å². The lowest BCUT2D eigenvalue weighted by Gasteiger charge is -2.15. The van der Waals surface area contributed by atoms with Crippen molar-refractivity contribution in [3.05, 3.63) is 54.0 Å². The van der Waals surface area contributed by atoms with E-state index in [1.807, 2.05) is 25.2 Å². The molecule has 0 bridgehead atoms. The number of rotatable bonds is 6. The predicted molar refractivity (Wildman–Crippen MR) is 72.0 cm³/mol. The van der Waals surface area contributed by atoms with Crippen molar-refractivity contribution in [1.82, 2.24) is 5.32 Å². The highest BCUT2D eigenvalue weighted by molar-refractivity contribution is 5.27. The Balaban J connectivity index is 1.96. The molecule has 96 valence electrons. The van der Waals surface area contributed by atoms with Crippen LogP contribution < -0.4 is 10.1 Å². The second kappa shape index (κ2) is 6.26. The monoisotopic (exact) mass is 245 g/mol. The molecule has 0 aliphatic heterocycles. The van der Waals surface area contributed by atoms with Crippen LogP contribution in [0, 0.1) is 0 Å². The molecule has 0 saturated heterocycles. The van der Waals surface area contributed by atoms with Gasteiger partial charge in [-0.15, -0.1) is 0 Å². The van der Waals surface area contributed by atoms with E-state index >= 15 is 0 Å². The van der Waals surface area contributed by atoms with Gasteiger partial charge in [-0.2, -0.15) is 0 Å². The molecule has 1 aromatic carbocycles. The Hall–Kier alpha value is -1.74. The van der Waals surface area contributed by atoms with E-state index in [4.69, 9.17) is 9.15 Å². The molecule has 18 heavy (non-hydrogen) atoms. The van der Waals surface area contributed by atoms with Crippen molar-refractivity contribution >= 4 is 0 Å². The standard InChI is InChI=1S/C15H19NO2/c1-16-14(10-13-7-8-18-11-13)9-12-3-5-15(17-2)6-4-12/h3-8,11,14,16H,9-10H2,1-2H3. The van der Waals surface area contributed by atoms with Crippen LogP contribution in [0.15, 0.2) is 47.3 Å². The third-order valence-electron chi connectivity index (χ3n) is 3.11. The van der Waals surface area contributed by atoms with Crippen LogP contribution in [-0.2, 0) is 12.8 Å². The average molecular weight is 245 g/mol. The Morgan fingerprint density at radius 1 is 1.11 bits per heavy atom. The summed E-state index contributed by atoms with van der Waals surface area (Å²) in [6, 6.07) is 10.6. The lowest BCUT2D eigenvalue weighted by Crippen LogP contribution is -2.29. The van der Waals surface area contributed by atoms with Crippen LogP contribution >= 0.6 is 0 Å². The van der Waals surface area contributed by atoms with Crippen LogP contribution in [0.3, 0.4) is 0 Å². The molecule has 2 aromatic rings. The Bertz CT molecular complexity index is 448. The van der Waals surface area contributed by atoms with Gasteiger partial charge in [0.2, 0.25) is 0 Å². The van der Waals surface area contributed by atoms with Gasteiger partial charge in [-0.05, 0) is 49.2 Å². The van der Waals surface area contributed by atoms with Gasteiger partial charge in [0.05, 0.1) is 19.6 Å². The minimum Gasteiger partial charge on any atom is -0.497 e. The van der Waals surface area contributed by atoms with E-state index in [1.54, 1.807) is 19.6 Å². The highest BCUT2D eigenvalue weighted by Crippen LogP contribution is 2.14. The number of nitrogens with one attached hydrogen (secondary N) is 1. The van der Waals surface area contributed by atoms with Gasteiger partial charge in [0.15, 0.2) is 0 Å². The molecule has 0 saturated carbocycles. The number of benzene rings is 1. The van der Waals surface area contributed by atoms with Gasteiger partial charge >= 0.3 is 0 Å². The summed E-state index contributed by atoms with van der Waals surface area (Å²) in [6.45, 7) is 0. The highest BCUT2D eigenvalue weighted by atomic mass is 16.5. The fourth-order valence-corrected chi connectivity index (χ4v) is 2.02. The van der Waals surface area contributed by atoms with Gasteiger partial charge in [-0.1, -0.05) is 12.1 Å². The lowest BCUT2D eigenvalue weighted by molar-refractivity contribution is 0.414. The maximum atomic E-state index is 5.16. The zero-order chi connectivity index (χ0) is 12.8. The molecule has 3 nitrogen and oxygen atoms in total. The second-order valence-electron chi connectivity index (χ2n) is 4.37. The number of methoxy groups -OCH3 is 1. The zero-order valence-electron chi connectivity index (χ0n) is 10.8. The fraction of sp³-hybridized carbons (Fsp3) is 0.333. The number of hydrogen-bond acceptors (Lipinski definition) is 3. The minimum atomic E-state index is 0.413. The minimum absolute atomic E-state index is 0.413. The van der Waals surface area contributed by atoms with E-state index < -0.39 is 0 Å². The van der Waals surface area contributed by atoms with Gasteiger partial charge < -0.3 is 14.5 Å². The first-order valence-electron chi connectivity index (χ1n) is 6.13. The maximum absolute atomic E-state index is 5.16. The van der Waals surface area contributed by atoms with Crippen molar-refractivity contribution in [2.45, 2.75) is 18.9 Å². The number of likely N-dealkylation sites (N-methyl/N-ethyl adjacent to an activating group) is 1. The maximum Gasteiger partial charge on any atom is 0.118 e. The molecule has 1 N–H and O–H groups in total. The van der Waals surface area contributed by atoms with Crippen molar-refractivity contribution in [2.24, 2.45) is 0 Å². The summed E-state index contributed by atoms with van der Waals surface area (Å²) in [6.07, 6.45) is 5.48. The van der Waals surface area contributed by atoms with Crippen LogP contribution in [0.2, 0.25) is 0 Å². The van der Waals surface area contributed by atoms with Crippen molar-refractivity contribution in [2.75, 3.05) is 14.2 Å². The molecule has 1 heterocycles. The average Bonchev–Trinajstić information content (AvgIpc) is 2.91. The lowest BCUT2D eigenvalue weighted by atomic mass is 10.0. The third kappa shape index (κ3) is 3.37. The van der Waals surface area contributed by atoms with E-state index in [-0.39, 0.29) is 0 Å². The van der Waals surface area contributed by atoms with Crippen LogP contribution in [-0.4, -0.2) is 20.2 Å². The van der Waals surface area contributed by atoms with Gasteiger partial charge in [0, 0.05) is 6.04 Å². The van der Waals surface area contributed by atoms with Crippen LogP contribution in [0.1, 0.15) is 11.1 Å². The first-order valence-corrected chi connectivity index (χ1v) is 6.13. The molecule has 0 fully saturated rings. The number of furan rings is 1. The van der Waals surface area contributed by atoms with Crippen molar-refractivity contribution in [3.8, 4) is 5.75 Å². The van der Waals surface area contributed by atoms with Gasteiger partial charge in [0.1, 0.15) is 5.75 Å². The number of ether oxygens (including phenoxy) is 1. The Morgan fingerprint density at radius 2 is 1.83 bits per heavy atom. The predicted octanol–water partition coefficient (Wildman–Crippen LogP) is 2.66. The molecule has 0 amide bonds. The van der Waals surface area contributed by atoms with Crippen molar-refractivity contribution < 1.29 is 9.15 Å². The normalized spacial score (nSPS) is 12.3. The van der Waals surface area contributed by atoms with Crippen molar-refractivity contribution in [3.63, 3.8) is 0 Å². The molecule has 0 aliphatic carbocycles. The first kappa shape index (κ1) is 12.7. The molecule has 0 spiro atoms. The molecule has 2 rings (SSSR count). The van der Waals surface area contributed by atoms with Crippen LogP contribution in [0.5, 0.6) is 5.75 Å². The summed E-state index contributed by atoms with van der Waals surface area (Å²) in [7, 11) is 3.68. The second-order valence-corrected chi connectivity index (χ2v) is 4.37. The van der Waals surface area contributed by atoms with E-state index in [2.05, 4.69) is 17.4 Å². The summed E-state index contributed by atoms with van der Waals surface area (Å²) >= 11 is 0. The third-order valence-corrected chi connectivity index (χ3v) is 3.11. The molecule has 0 aliphatic rings. The smallest absolute Gasteiger partial charge is 0.118 e. The Kier molecular flexibility index (Phi) is 4.42. The van der Waals surface area contributed by atoms with E-state index in [9.17, 15) is 0 Å². The van der Waals surface area contributed by atoms with Crippen LogP contribution in [0.25, 0.3) is 0 Å². The van der Waals surface area contributed by atoms with Crippen molar-refractivity contribution in [1.29, 1.82) is 0 Å². The topological polar surface area (TPSA) is 34.4 Å². The summed E-state index contributed by atoms with van der Waals surface area (Å²) in [4.78, 5) is 0. The number of hydrogen-bond donors (Lipinski definition) is 1. The largest absolute Gasteiger partial charge is 0.497 e. The summed E-state index contributed by atoms with van der Waals surface area (Å²) in [5.41, 5.74) is 2.53. The molecule has 3 heteroatoms. The molecule has 1 atom stereocenters. The zero-order valence-corrected chi connectivity index (χ0v) is 10.8. The van der Waals surface area contributed by atoms with Crippen LogP contribution in [0.4, 0.5) is 0 Å². The Morgan fingerprint density at radius 3 is 2.39 bits per heavy atom. The summed E-state index contributed by atoms with van der Waals surface area (Å²) in [5.74, 6) is 0.898. The fourth-order valence-electron chi connectivity index (χ4n) is 2.02. The first-order chi connectivity index (χ1) is 8.81. The highest BCUT2D eigenvalue weighted by Gasteiger charge is 2.09. The van der Waals surface area contributed by atoms with Gasteiger partial charge in [0.25, 0.3) is 0 Å². The summed E-state index contributed by atoms with van der Waals surface area (Å²) < 4.78 is 10.3.